The molecule has 2 N–H and O–H groups in total. The lowest BCUT2D eigenvalue weighted by Gasteiger charge is -2.24. The highest BCUT2D eigenvalue weighted by Gasteiger charge is 2.30. The highest BCUT2D eigenvalue weighted by Crippen LogP contribution is 2.30. The second-order valence-corrected chi connectivity index (χ2v) is 7.25. The third-order valence-electron chi connectivity index (χ3n) is 3.82. The molecule has 0 fully saturated rings. The third-order valence-corrected chi connectivity index (χ3v) is 5.59. The number of hydroxylamine groups is 1. The lowest BCUT2D eigenvalue weighted by molar-refractivity contribution is 0.0601. The maximum Gasteiger partial charge on any atom is 0.340 e. The summed E-state index contributed by atoms with van der Waals surface area (Å²) in [5, 5.41) is 8.96. The molecule has 0 spiro atoms. The Hall–Kier alpha value is -3.11. The van der Waals surface area contributed by atoms with Crippen LogP contribution in [-0.4, -0.2) is 46.8 Å². The highest BCUT2D eigenvalue weighted by atomic mass is 32.2. The predicted octanol–water partition coefficient (Wildman–Crippen LogP) is 1.43. The fraction of sp³-hybridized carbons (Fsp3) is 0.176. The second-order valence-electron chi connectivity index (χ2n) is 5.28. The van der Waals surface area contributed by atoms with E-state index >= 15 is 0 Å². The number of para-hydroxylation sites is 1. The largest absolute Gasteiger partial charge is 0.497 e. The van der Waals surface area contributed by atoms with Crippen molar-refractivity contribution in [3.05, 3.63) is 53.6 Å². The minimum absolute atomic E-state index is 0.0826. The first-order valence-corrected chi connectivity index (χ1v) is 9.00. The summed E-state index contributed by atoms with van der Waals surface area (Å²) in [5.41, 5.74) is 0.831. The van der Waals surface area contributed by atoms with Crippen LogP contribution in [0.25, 0.3) is 0 Å². The molecule has 2 aromatic carbocycles. The normalized spacial score (nSPS) is 10.8. The van der Waals surface area contributed by atoms with Gasteiger partial charge in [-0.05, 0) is 36.4 Å². The van der Waals surface area contributed by atoms with Crippen LogP contribution in [0.15, 0.2) is 47.4 Å². The van der Waals surface area contributed by atoms with Crippen molar-refractivity contribution in [1.82, 2.24) is 5.48 Å². The summed E-state index contributed by atoms with van der Waals surface area (Å²) in [5.74, 6) is -1.35. The van der Waals surface area contributed by atoms with Crippen molar-refractivity contribution in [3.63, 3.8) is 0 Å². The molecule has 0 heterocycles. The number of benzene rings is 2. The quantitative estimate of drug-likeness (QED) is 0.432. The van der Waals surface area contributed by atoms with Crippen LogP contribution in [0.2, 0.25) is 0 Å². The Morgan fingerprint density at radius 2 is 1.63 bits per heavy atom. The van der Waals surface area contributed by atoms with Crippen molar-refractivity contribution >= 4 is 27.6 Å². The van der Waals surface area contributed by atoms with Crippen LogP contribution >= 0.6 is 0 Å². The van der Waals surface area contributed by atoms with Gasteiger partial charge in [-0.3, -0.25) is 14.3 Å². The minimum Gasteiger partial charge on any atom is -0.497 e. The van der Waals surface area contributed by atoms with E-state index in [0.717, 1.165) is 11.4 Å². The van der Waals surface area contributed by atoms with Crippen molar-refractivity contribution < 1.29 is 32.7 Å². The van der Waals surface area contributed by atoms with Crippen LogP contribution in [0.1, 0.15) is 20.7 Å². The molecule has 0 bridgehead atoms. The van der Waals surface area contributed by atoms with Crippen LogP contribution in [0.3, 0.4) is 0 Å². The van der Waals surface area contributed by atoms with Gasteiger partial charge in [-0.15, -0.1) is 0 Å². The smallest absolute Gasteiger partial charge is 0.340 e. The van der Waals surface area contributed by atoms with Gasteiger partial charge in [0.05, 0.1) is 35.9 Å². The van der Waals surface area contributed by atoms with Gasteiger partial charge < -0.3 is 9.47 Å². The van der Waals surface area contributed by atoms with Gasteiger partial charge in [0.1, 0.15) is 5.75 Å². The van der Waals surface area contributed by atoms with Crippen LogP contribution in [0.4, 0.5) is 5.69 Å². The zero-order chi connectivity index (χ0) is 20.2. The number of nitrogens with one attached hydrogen (secondary N) is 1. The molecule has 0 unspecified atom stereocenters. The molecule has 9 nitrogen and oxygen atoms in total. The van der Waals surface area contributed by atoms with E-state index in [1.54, 1.807) is 0 Å². The summed E-state index contributed by atoms with van der Waals surface area (Å²) in [4.78, 5) is 24.0. The van der Waals surface area contributed by atoms with E-state index in [2.05, 4.69) is 4.74 Å². The topological polar surface area (TPSA) is 122 Å². The average molecular weight is 394 g/mol. The molecule has 2 rings (SSSR count). The molecule has 1 amide bonds. The number of nitrogens with zero attached hydrogens (tertiary/aromatic N) is 1. The first kappa shape index (κ1) is 20.2. The number of ether oxygens (including phenoxy) is 2. The summed E-state index contributed by atoms with van der Waals surface area (Å²) in [6, 6.07) is 9.55. The number of amides is 1. The van der Waals surface area contributed by atoms with E-state index in [1.165, 1.54) is 62.1 Å². The standard InChI is InChI=1S/C17H18N2O7S/c1-19(27(23,24)12-9-7-11(25-2)8-10-12)15-13(16(20)18-22)5-4-6-14(15)17(21)26-3/h4-10,22H,1-3H3,(H,18,20). The van der Waals surface area contributed by atoms with E-state index in [0.29, 0.717) is 5.75 Å². The summed E-state index contributed by atoms with van der Waals surface area (Å²) in [7, 11) is -0.373. The van der Waals surface area contributed by atoms with Gasteiger partial charge in [-0.2, -0.15) is 0 Å². The van der Waals surface area contributed by atoms with Crippen molar-refractivity contribution in [2.75, 3.05) is 25.6 Å². The first-order chi connectivity index (χ1) is 12.8. The van der Waals surface area contributed by atoms with Crippen LogP contribution in [0, 0.1) is 0 Å². The van der Waals surface area contributed by atoms with Crippen LogP contribution in [-0.2, 0) is 14.8 Å². The molecule has 0 atom stereocenters. The van der Waals surface area contributed by atoms with Crippen LogP contribution in [0.5, 0.6) is 5.75 Å². The van der Waals surface area contributed by atoms with Gasteiger partial charge >= 0.3 is 5.97 Å². The molecule has 10 heteroatoms. The Balaban J connectivity index is 2.66. The molecule has 0 aromatic heterocycles. The number of esters is 1. The molecule has 2 aromatic rings. The SMILES string of the molecule is COC(=O)c1cccc(C(=O)NO)c1N(C)S(=O)(=O)c1ccc(OC)cc1. The van der Waals surface area contributed by atoms with Gasteiger partial charge in [-0.1, -0.05) is 6.07 Å². The van der Waals surface area contributed by atoms with E-state index in [9.17, 15) is 18.0 Å². The number of rotatable bonds is 6. The second kappa shape index (κ2) is 8.06. The molecular formula is C17H18N2O7S. The monoisotopic (exact) mass is 394 g/mol. The van der Waals surface area contributed by atoms with Crippen molar-refractivity contribution in [1.29, 1.82) is 0 Å². The molecule has 0 aliphatic heterocycles. The number of carbonyl (C=O) groups excluding carboxylic acids is 2. The van der Waals surface area contributed by atoms with Crippen molar-refractivity contribution in [2.24, 2.45) is 0 Å². The van der Waals surface area contributed by atoms with Crippen molar-refractivity contribution in [2.45, 2.75) is 4.90 Å². The zero-order valence-corrected chi connectivity index (χ0v) is 15.6. The van der Waals surface area contributed by atoms with Gasteiger partial charge in [0.15, 0.2) is 0 Å². The molecule has 144 valence electrons. The Morgan fingerprint density at radius 1 is 1.04 bits per heavy atom. The molecule has 0 saturated heterocycles. The highest BCUT2D eigenvalue weighted by molar-refractivity contribution is 7.92. The van der Waals surface area contributed by atoms with Gasteiger partial charge in [0, 0.05) is 7.05 Å². The van der Waals surface area contributed by atoms with Crippen LogP contribution < -0.4 is 14.5 Å². The predicted molar refractivity (Wildman–Crippen MR) is 95.6 cm³/mol. The third kappa shape index (κ3) is 3.86. The Labute approximate surface area is 156 Å². The minimum atomic E-state index is -4.14. The maximum absolute atomic E-state index is 13.0. The lowest BCUT2D eigenvalue weighted by atomic mass is 10.1. The molecular weight excluding hydrogens is 376 g/mol. The summed E-state index contributed by atoms with van der Waals surface area (Å²) in [6.07, 6.45) is 0. The Bertz CT molecular complexity index is 921. The molecule has 0 aliphatic carbocycles. The fourth-order valence-electron chi connectivity index (χ4n) is 2.43. The number of anilines is 1. The molecule has 27 heavy (non-hydrogen) atoms. The van der Waals surface area contributed by atoms with E-state index in [1.807, 2.05) is 0 Å². The molecule has 0 aliphatic rings. The summed E-state index contributed by atoms with van der Waals surface area (Å²) < 4.78 is 36.5. The number of hydrogen-bond acceptors (Lipinski definition) is 7. The number of carbonyl (C=O) groups is 2. The van der Waals surface area contributed by atoms with Crippen molar-refractivity contribution in [3.8, 4) is 5.75 Å². The van der Waals surface area contributed by atoms with Gasteiger partial charge in [0.25, 0.3) is 15.9 Å². The molecule has 0 saturated carbocycles. The van der Waals surface area contributed by atoms with Gasteiger partial charge in [0.2, 0.25) is 0 Å². The zero-order valence-electron chi connectivity index (χ0n) is 14.8. The van der Waals surface area contributed by atoms with E-state index < -0.39 is 21.9 Å². The fourth-order valence-corrected chi connectivity index (χ4v) is 3.66. The van der Waals surface area contributed by atoms with E-state index in [4.69, 9.17) is 9.94 Å². The number of hydrogen-bond donors (Lipinski definition) is 2. The Morgan fingerprint density at radius 3 is 2.15 bits per heavy atom. The van der Waals surface area contributed by atoms with E-state index in [-0.39, 0.29) is 21.7 Å². The maximum atomic E-state index is 13.0. The average Bonchev–Trinajstić information content (AvgIpc) is 2.71. The molecule has 0 radical (unpaired) electrons. The lowest BCUT2D eigenvalue weighted by Crippen LogP contribution is -2.31. The number of methoxy groups -OCH3 is 2. The Kier molecular flexibility index (Phi) is 6.03. The summed E-state index contributed by atoms with van der Waals surface area (Å²) >= 11 is 0. The first-order valence-electron chi connectivity index (χ1n) is 7.56. The summed E-state index contributed by atoms with van der Waals surface area (Å²) in [6.45, 7) is 0. The van der Waals surface area contributed by atoms with Gasteiger partial charge in [-0.25, -0.2) is 18.7 Å². The number of sulfonamides is 1.